The van der Waals surface area contributed by atoms with Gasteiger partial charge in [-0.2, -0.15) is 5.10 Å². The number of hydrogen-bond donors (Lipinski definition) is 4. The Morgan fingerprint density at radius 3 is 3.00 bits per heavy atom. The van der Waals surface area contributed by atoms with Gasteiger partial charge in [0.2, 0.25) is 5.91 Å². The van der Waals surface area contributed by atoms with Crippen LogP contribution in [0.1, 0.15) is 26.1 Å². The zero-order valence-corrected chi connectivity index (χ0v) is 13.9. The summed E-state index contributed by atoms with van der Waals surface area (Å²) in [6.45, 7) is 4.80. The lowest BCUT2D eigenvalue weighted by molar-refractivity contribution is -0.122. The minimum absolute atomic E-state index is 0.0117. The number of rotatable bonds is 6. The van der Waals surface area contributed by atoms with Gasteiger partial charge in [0, 0.05) is 37.0 Å². The SMILES string of the molecule is CC(C)C1CC(C(=O)NCCc2nc(-c3cccnc3)n[nH]2)NN1. The normalized spacial score (nSPS) is 20.5. The minimum atomic E-state index is -0.182. The highest BCUT2D eigenvalue weighted by molar-refractivity contribution is 5.82. The van der Waals surface area contributed by atoms with E-state index in [1.807, 2.05) is 12.1 Å². The summed E-state index contributed by atoms with van der Waals surface area (Å²) < 4.78 is 0. The van der Waals surface area contributed by atoms with E-state index in [-0.39, 0.29) is 11.9 Å². The standard InChI is InChI=1S/C16H23N7O/c1-10(2)12-8-13(21-20-12)16(24)18-7-5-14-19-15(23-22-14)11-4-3-6-17-9-11/h3-4,6,9-10,12-13,20-21H,5,7-8H2,1-2H3,(H,18,24)(H,19,22,23). The fourth-order valence-corrected chi connectivity index (χ4v) is 2.65. The number of aromatic amines is 1. The molecule has 24 heavy (non-hydrogen) atoms. The van der Waals surface area contributed by atoms with Crippen molar-refractivity contribution in [2.75, 3.05) is 6.54 Å². The highest BCUT2D eigenvalue weighted by atomic mass is 16.2. The highest BCUT2D eigenvalue weighted by Crippen LogP contribution is 2.13. The number of carbonyl (C=O) groups is 1. The van der Waals surface area contributed by atoms with E-state index in [1.165, 1.54) is 0 Å². The lowest BCUT2D eigenvalue weighted by Gasteiger charge is -2.12. The largest absolute Gasteiger partial charge is 0.354 e. The van der Waals surface area contributed by atoms with E-state index in [9.17, 15) is 4.79 Å². The van der Waals surface area contributed by atoms with Crippen LogP contribution in [0.2, 0.25) is 0 Å². The van der Waals surface area contributed by atoms with Crippen LogP contribution in [0.25, 0.3) is 11.4 Å². The molecule has 0 aliphatic carbocycles. The number of H-pyrrole nitrogens is 1. The van der Waals surface area contributed by atoms with Gasteiger partial charge in [0.15, 0.2) is 5.82 Å². The maximum atomic E-state index is 12.2. The Kier molecular flexibility index (Phi) is 5.17. The fraction of sp³-hybridized carbons (Fsp3) is 0.500. The van der Waals surface area contributed by atoms with Crippen molar-refractivity contribution >= 4 is 5.91 Å². The molecule has 3 heterocycles. The molecule has 0 bridgehead atoms. The van der Waals surface area contributed by atoms with Crippen LogP contribution in [-0.2, 0) is 11.2 Å². The molecule has 1 fully saturated rings. The summed E-state index contributed by atoms with van der Waals surface area (Å²) in [5, 5.41) is 10.0. The van der Waals surface area contributed by atoms with Crippen molar-refractivity contribution < 1.29 is 4.79 Å². The Bertz CT molecular complexity index is 670. The molecule has 0 saturated carbocycles. The van der Waals surface area contributed by atoms with Gasteiger partial charge >= 0.3 is 0 Å². The number of carbonyl (C=O) groups excluding carboxylic acids is 1. The van der Waals surface area contributed by atoms with Crippen molar-refractivity contribution in [3.05, 3.63) is 30.4 Å². The van der Waals surface area contributed by atoms with E-state index >= 15 is 0 Å². The van der Waals surface area contributed by atoms with Crippen molar-refractivity contribution in [1.29, 1.82) is 0 Å². The molecule has 8 heteroatoms. The van der Waals surface area contributed by atoms with Crippen molar-refractivity contribution in [2.45, 2.75) is 38.8 Å². The average molecular weight is 329 g/mol. The Morgan fingerprint density at radius 1 is 1.42 bits per heavy atom. The van der Waals surface area contributed by atoms with Gasteiger partial charge in [0.05, 0.1) is 0 Å². The second-order valence-corrected chi connectivity index (χ2v) is 6.32. The lowest BCUT2D eigenvalue weighted by Crippen LogP contribution is -2.44. The van der Waals surface area contributed by atoms with Gasteiger partial charge < -0.3 is 5.32 Å². The number of nitrogens with one attached hydrogen (secondary N) is 4. The maximum absolute atomic E-state index is 12.2. The zero-order valence-electron chi connectivity index (χ0n) is 13.9. The first-order valence-corrected chi connectivity index (χ1v) is 8.24. The van der Waals surface area contributed by atoms with E-state index in [2.05, 4.69) is 50.2 Å². The third-order valence-electron chi connectivity index (χ3n) is 4.17. The predicted octanol–water partition coefficient (Wildman–Crippen LogP) is 0.417. The van der Waals surface area contributed by atoms with Gasteiger partial charge in [-0.25, -0.2) is 10.4 Å². The molecule has 1 saturated heterocycles. The van der Waals surface area contributed by atoms with E-state index < -0.39 is 0 Å². The summed E-state index contributed by atoms with van der Waals surface area (Å²) in [6.07, 6.45) is 4.84. The first-order valence-electron chi connectivity index (χ1n) is 8.24. The van der Waals surface area contributed by atoms with Crippen LogP contribution in [0.4, 0.5) is 0 Å². The molecule has 2 atom stereocenters. The van der Waals surface area contributed by atoms with Crippen LogP contribution in [0.5, 0.6) is 0 Å². The van der Waals surface area contributed by atoms with Crippen molar-refractivity contribution in [3.8, 4) is 11.4 Å². The fourth-order valence-electron chi connectivity index (χ4n) is 2.65. The second-order valence-electron chi connectivity index (χ2n) is 6.32. The second kappa shape index (κ2) is 7.50. The third-order valence-corrected chi connectivity index (χ3v) is 4.17. The van der Waals surface area contributed by atoms with Gasteiger partial charge in [0.1, 0.15) is 11.9 Å². The Hall–Kier alpha value is -2.32. The molecule has 128 valence electrons. The quantitative estimate of drug-likeness (QED) is 0.612. The summed E-state index contributed by atoms with van der Waals surface area (Å²) in [5.41, 5.74) is 7.09. The van der Waals surface area contributed by atoms with Crippen LogP contribution < -0.4 is 16.2 Å². The number of hydrazine groups is 1. The molecule has 1 aliphatic rings. The highest BCUT2D eigenvalue weighted by Gasteiger charge is 2.30. The van der Waals surface area contributed by atoms with Gasteiger partial charge in [-0.3, -0.25) is 20.3 Å². The molecule has 3 rings (SSSR count). The topological polar surface area (TPSA) is 108 Å². The molecule has 2 aromatic heterocycles. The summed E-state index contributed by atoms with van der Waals surface area (Å²) in [6, 6.07) is 3.90. The molecule has 1 amide bonds. The summed E-state index contributed by atoms with van der Waals surface area (Å²) in [7, 11) is 0. The minimum Gasteiger partial charge on any atom is -0.354 e. The van der Waals surface area contributed by atoms with Gasteiger partial charge in [-0.1, -0.05) is 13.8 Å². The summed E-state index contributed by atoms with van der Waals surface area (Å²) in [4.78, 5) is 20.6. The van der Waals surface area contributed by atoms with Crippen LogP contribution in [0.3, 0.4) is 0 Å². The number of amides is 1. The first-order chi connectivity index (χ1) is 11.6. The van der Waals surface area contributed by atoms with Crippen LogP contribution in [0.15, 0.2) is 24.5 Å². The van der Waals surface area contributed by atoms with E-state index in [4.69, 9.17) is 0 Å². The molecule has 0 aromatic carbocycles. The molecule has 4 N–H and O–H groups in total. The lowest BCUT2D eigenvalue weighted by atomic mass is 9.99. The average Bonchev–Trinajstić information content (AvgIpc) is 3.25. The van der Waals surface area contributed by atoms with Crippen LogP contribution in [-0.4, -0.2) is 44.7 Å². The monoisotopic (exact) mass is 329 g/mol. The zero-order chi connectivity index (χ0) is 16.9. The van der Waals surface area contributed by atoms with Crippen molar-refractivity contribution in [2.24, 2.45) is 5.92 Å². The summed E-state index contributed by atoms with van der Waals surface area (Å²) in [5.74, 6) is 1.87. The summed E-state index contributed by atoms with van der Waals surface area (Å²) >= 11 is 0. The Balaban J connectivity index is 1.45. The third kappa shape index (κ3) is 3.95. The molecule has 0 radical (unpaired) electrons. The van der Waals surface area contributed by atoms with E-state index in [0.29, 0.717) is 30.7 Å². The van der Waals surface area contributed by atoms with E-state index in [0.717, 1.165) is 17.8 Å². The van der Waals surface area contributed by atoms with Crippen molar-refractivity contribution in [1.82, 2.24) is 36.3 Å². The smallest absolute Gasteiger partial charge is 0.238 e. The van der Waals surface area contributed by atoms with Crippen LogP contribution in [0, 0.1) is 5.92 Å². The number of pyridine rings is 1. The van der Waals surface area contributed by atoms with Crippen molar-refractivity contribution in [3.63, 3.8) is 0 Å². The first kappa shape index (κ1) is 16.5. The van der Waals surface area contributed by atoms with Crippen LogP contribution >= 0.6 is 0 Å². The number of hydrogen-bond acceptors (Lipinski definition) is 6. The molecule has 2 aromatic rings. The number of aromatic nitrogens is 4. The van der Waals surface area contributed by atoms with Gasteiger partial charge in [0.25, 0.3) is 0 Å². The Labute approximate surface area is 140 Å². The Morgan fingerprint density at radius 2 is 2.29 bits per heavy atom. The molecular weight excluding hydrogens is 306 g/mol. The number of nitrogens with zero attached hydrogens (tertiary/aromatic N) is 3. The predicted molar refractivity (Wildman–Crippen MR) is 89.6 cm³/mol. The van der Waals surface area contributed by atoms with E-state index in [1.54, 1.807) is 12.4 Å². The molecular formula is C16H23N7O. The van der Waals surface area contributed by atoms with Gasteiger partial charge in [-0.15, -0.1) is 0 Å². The molecule has 1 aliphatic heterocycles. The molecule has 8 nitrogen and oxygen atoms in total. The van der Waals surface area contributed by atoms with Gasteiger partial charge in [-0.05, 0) is 24.5 Å². The molecule has 2 unspecified atom stereocenters. The maximum Gasteiger partial charge on any atom is 0.238 e. The molecule has 0 spiro atoms.